The second kappa shape index (κ2) is 11.6. The lowest BCUT2D eigenvalue weighted by Gasteiger charge is -2.33. The van der Waals surface area contributed by atoms with E-state index in [0.29, 0.717) is 22.9 Å². The van der Waals surface area contributed by atoms with Gasteiger partial charge < -0.3 is 14.4 Å². The molecule has 0 N–H and O–H groups in total. The summed E-state index contributed by atoms with van der Waals surface area (Å²) in [5, 5.41) is 0. The molecule has 0 aromatic heterocycles. The molecule has 0 aliphatic carbocycles. The number of allylic oxidation sites excluding steroid dienone is 1. The number of esters is 1. The number of halogens is 3. The number of rotatable bonds is 9. The van der Waals surface area contributed by atoms with Crippen LogP contribution in [-0.4, -0.2) is 48.0 Å². The lowest BCUT2D eigenvalue weighted by Crippen LogP contribution is -2.45. The first-order chi connectivity index (χ1) is 16.6. The second-order valence-electron chi connectivity index (χ2n) is 8.37. The molecule has 1 saturated heterocycles. The highest BCUT2D eigenvalue weighted by Gasteiger charge is 2.39. The van der Waals surface area contributed by atoms with Crippen LogP contribution in [-0.2, 0) is 26.6 Å². The number of benzene rings is 2. The summed E-state index contributed by atoms with van der Waals surface area (Å²) in [6, 6.07) is 11.7. The first-order valence-electron chi connectivity index (χ1n) is 11.2. The van der Waals surface area contributed by atoms with Crippen molar-refractivity contribution >= 4 is 33.8 Å². The van der Waals surface area contributed by atoms with Gasteiger partial charge in [0.1, 0.15) is 0 Å². The molecule has 0 spiro atoms. The largest absolute Gasteiger partial charge is 0.459 e. The molecule has 9 heteroatoms. The van der Waals surface area contributed by atoms with Crippen LogP contribution in [0.4, 0.5) is 13.6 Å². The third kappa shape index (κ3) is 6.97. The highest BCUT2D eigenvalue weighted by molar-refractivity contribution is 9.10. The molecule has 1 atom stereocenters. The van der Waals surface area contributed by atoms with E-state index in [2.05, 4.69) is 15.9 Å². The van der Waals surface area contributed by atoms with Crippen LogP contribution in [0, 0.1) is 0 Å². The summed E-state index contributed by atoms with van der Waals surface area (Å²) in [7, 11) is 0. The maximum atomic E-state index is 14.6. The fourth-order valence-electron chi connectivity index (χ4n) is 3.57. The molecule has 1 aliphatic rings. The van der Waals surface area contributed by atoms with Crippen LogP contribution in [0.1, 0.15) is 41.8 Å². The van der Waals surface area contributed by atoms with Crippen LogP contribution >= 0.6 is 15.9 Å². The summed E-state index contributed by atoms with van der Waals surface area (Å²) in [6.07, 6.45) is 2.19. The predicted molar refractivity (Wildman–Crippen MR) is 129 cm³/mol. The molecule has 6 nitrogen and oxygen atoms in total. The van der Waals surface area contributed by atoms with Gasteiger partial charge in [-0.05, 0) is 56.2 Å². The Labute approximate surface area is 211 Å². The van der Waals surface area contributed by atoms with E-state index < -0.39 is 35.4 Å². The zero-order valence-corrected chi connectivity index (χ0v) is 21.0. The molecule has 2 aromatic carbocycles. The SMILES string of the molecule is CC(C)OC(=O)c1ccc(CCN2C(=O)OCC[C@@H]2/C=C/C(=O)C(F)(F)c2cccc(Br)c2)cc1. The summed E-state index contributed by atoms with van der Waals surface area (Å²) >= 11 is 3.13. The van der Waals surface area contributed by atoms with Crippen molar-refractivity contribution in [2.24, 2.45) is 0 Å². The molecule has 0 saturated carbocycles. The normalized spacial score (nSPS) is 16.5. The quantitative estimate of drug-likeness (QED) is 0.297. The molecule has 1 amide bonds. The number of ether oxygens (including phenoxy) is 2. The number of hydrogen-bond acceptors (Lipinski definition) is 5. The Hall–Kier alpha value is -3.07. The Morgan fingerprint density at radius 2 is 1.94 bits per heavy atom. The van der Waals surface area contributed by atoms with Gasteiger partial charge in [0.25, 0.3) is 0 Å². The van der Waals surface area contributed by atoms with Gasteiger partial charge in [-0.1, -0.05) is 46.3 Å². The molecule has 0 radical (unpaired) electrons. The van der Waals surface area contributed by atoms with Crippen LogP contribution in [0.3, 0.4) is 0 Å². The fourth-order valence-corrected chi connectivity index (χ4v) is 3.97. The van der Waals surface area contributed by atoms with Crippen LogP contribution in [0.5, 0.6) is 0 Å². The standard InChI is InChI=1S/C26H26BrF2NO5/c1-17(2)35-24(32)19-8-6-18(7-9-19)12-14-30-22(13-15-34-25(30)33)10-11-23(31)26(28,29)20-4-3-5-21(27)16-20/h3-11,16-17,22H,12-15H2,1-2H3/b11-10+/t22-/m0/s1. The van der Waals surface area contributed by atoms with E-state index in [1.54, 1.807) is 44.2 Å². The monoisotopic (exact) mass is 549 g/mol. The van der Waals surface area contributed by atoms with Crippen molar-refractivity contribution in [3.63, 3.8) is 0 Å². The topological polar surface area (TPSA) is 72.9 Å². The average molecular weight is 550 g/mol. The Morgan fingerprint density at radius 3 is 2.60 bits per heavy atom. The number of ketones is 1. The molecule has 35 heavy (non-hydrogen) atoms. The highest BCUT2D eigenvalue weighted by Crippen LogP contribution is 2.31. The minimum Gasteiger partial charge on any atom is -0.459 e. The fraction of sp³-hybridized carbons (Fsp3) is 0.346. The Morgan fingerprint density at radius 1 is 1.23 bits per heavy atom. The van der Waals surface area contributed by atoms with Crippen molar-refractivity contribution in [3.05, 3.63) is 81.8 Å². The molecule has 3 rings (SSSR count). The molecule has 186 valence electrons. The van der Waals surface area contributed by atoms with Gasteiger partial charge in [0, 0.05) is 23.0 Å². The Kier molecular flexibility index (Phi) is 8.77. The Balaban J connectivity index is 1.65. The van der Waals surface area contributed by atoms with Crippen molar-refractivity contribution in [1.29, 1.82) is 0 Å². The molecule has 2 aromatic rings. The van der Waals surface area contributed by atoms with Gasteiger partial charge in [-0.15, -0.1) is 0 Å². The molecule has 1 fully saturated rings. The number of amides is 1. The number of hydrogen-bond donors (Lipinski definition) is 0. The van der Waals surface area contributed by atoms with Gasteiger partial charge in [-0.25, -0.2) is 9.59 Å². The minimum atomic E-state index is -3.70. The van der Waals surface area contributed by atoms with Gasteiger partial charge in [0.2, 0.25) is 5.78 Å². The molecule has 0 unspecified atom stereocenters. The van der Waals surface area contributed by atoms with Gasteiger partial charge in [0.05, 0.1) is 24.3 Å². The Bertz CT molecular complexity index is 1100. The maximum absolute atomic E-state index is 14.6. The lowest BCUT2D eigenvalue weighted by molar-refractivity contribution is -0.139. The molecule has 1 aliphatic heterocycles. The highest BCUT2D eigenvalue weighted by atomic mass is 79.9. The van der Waals surface area contributed by atoms with Gasteiger partial charge in [-0.3, -0.25) is 4.79 Å². The zero-order chi connectivity index (χ0) is 25.6. The van der Waals surface area contributed by atoms with Crippen molar-refractivity contribution in [2.45, 2.75) is 44.8 Å². The van der Waals surface area contributed by atoms with Crippen LogP contribution in [0.25, 0.3) is 0 Å². The van der Waals surface area contributed by atoms with E-state index in [-0.39, 0.29) is 19.3 Å². The van der Waals surface area contributed by atoms with E-state index in [1.165, 1.54) is 29.2 Å². The van der Waals surface area contributed by atoms with Gasteiger partial charge in [-0.2, -0.15) is 8.78 Å². The van der Waals surface area contributed by atoms with Crippen molar-refractivity contribution in [2.75, 3.05) is 13.2 Å². The van der Waals surface area contributed by atoms with Crippen LogP contribution in [0.2, 0.25) is 0 Å². The third-order valence-corrected chi connectivity index (χ3v) is 5.91. The van der Waals surface area contributed by atoms with Crippen LogP contribution < -0.4 is 0 Å². The minimum absolute atomic E-state index is 0.132. The second-order valence-corrected chi connectivity index (χ2v) is 9.29. The van der Waals surface area contributed by atoms with Crippen molar-refractivity contribution in [1.82, 2.24) is 4.90 Å². The summed E-state index contributed by atoms with van der Waals surface area (Å²) in [4.78, 5) is 38.0. The van der Waals surface area contributed by atoms with E-state index in [0.717, 1.165) is 11.6 Å². The smallest absolute Gasteiger partial charge is 0.410 e. The van der Waals surface area contributed by atoms with Crippen LogP contribution in [0.15, 0.2) is 65.2 Å². The summed E-state index contributed by atoms with van der Waals surface area (Å²) < 4.78 is 40.0. The lowest BCUT2D eigenvalue weighted by atomic mass is 10.0. The molecule has 0 bridgehead atoms. The van der Waals surface area contributed by atoms with Crippen molar-refractivity contribution < 1.29 is 32.6 Å². The van der Waals surface area contributed by atoms with E-state index >= 15 is 0 Å². The van der Waals surface area contributed by atoms with Crippen molar-refractivity contribution in [3.8, 4) is 0 Å². The van der Waals surface area contributed by atoms with E-state index in [9.17, 15) is 23.2 Å². The average Bonchev–Trinajstić information content (AvgIpc) is 2.81. The zero-order valence-electron chi connectivity index (χ0n) is 19.4. The molecule has 1 heterocycles. The van der Waals surface area contributed by atoms with E-state index in [1.807, 2.05) is 0 Å². The summed E-state index contributed by atoms with van der Waals surface area (Å²) in [5.74, 6) is -5.47. The van der Waals surface area contributed by atoms with E-state index in [4.69, 9.17) is 9.47 Å². The van der Waals surface area contributed by atoms with Gasteiger partial charge in [0.15, 0.2) is 0 Å². The number of carbonyl (C=O) groups excluding carboxylic acids is 3. The van der Waals surface area contributed by atoms with Gasteiger partial charge >= 0.3 is 18.0 Å². The number of alkyl halides is 2. The molecular formula is C26H26BrF2NO5. The predicted octanol–water partition coefficient (Wildman–Crippen LogP) is 5.69. The summed E-state index contributed by atoms with van der Waals surface area (Å²) in [5.41, 5.74) is 0.872. The number of cyclic esters (lactones) is 1. The molecular weight excluding hydrogens is 524 g/mol. The maximum Gasteiger partial charge on any atom is 0.410 e. The number of nitrogens with zero attached hydrogens (tertiary/aromatic N) is 1. The first-order valence-corrected chi connectivity index (χ1v) is 12.0. The third-order valence-electron chi connectivity index (χ3n) is 5.41. The first kappa shape index (κ1) is 26.5. The number of carbonyl (C=O) groups is 3. The summed E-state index contributed by atoms with van der Waals surface area (Å²) in [6.45, 7) is 3.92.